The van der Waals surface area contributed by atoms with Crippen molar-refractivity contribution in [1.29, 1.82) is 0 Å². The van der Waals surface area contributed by atoms with Gasteiger partial charge in [0.2, 0.25) is 0 Å². The van der Waals surface area contributed by atoms with Crippen LogP contribution in [-0.2, 0) is 19.1 Å². The minimum absolute atomic E-state index is 0.0623. The predicted octanol–water partition coefficient (Wildman–Crippen LogP) is 3.31. The van der Waals surface area contributed by atoms with Crippen LogP contribution in [-0.4, -0.2) is 35.4 Å². The van der Waals surface area contributed by atoms with Crippen molar-refractivity contribution in [2.75, 3.05) is 0 Å². The number of allylic oxidation sites excluding steroid dienone is 1. The van der Waals surface area contributed by atoms with Gasteiger partial charge in [0.15, 0.2) is 0 Å². The average Bonchev–Trinajstić information content (AvgIpc) is 2.85. The first-order valence-corrected chi connectivity index (χ1v) is 9.63. The van der Waals surface area contributed by atoms with Gasteiger partial charge in [-0.3, -0.25) is 0 Å². The topological polar surface area (TPSA) is 72.8 Å². The molecule has 0 amide bonds. The van der Waals surface area contributed by atoms with Crippen molar-refractivity contribution in [2.24, 2.45) is 17.3 Å². The summed E-state index contributed by atoms with van der Waals surface area (Å²) in [4.78, 5) is 24.1. The summed E-state index contributed by atoms with van der Waals surface area (Å²) in [6.45, 7) is 10.0. The zero-order valence-electron chi connectivity index (χ0n) is 16.4. The minimum atomic E-state index is -0.739. The molecule has 0 aromatic rings. The molecule has 0 bridgehead atoms. The highest BCUT2D eigenvalue weighted by molar-refractivity contribution is 5.91. The summed E-state index contributed by atoms with van der Waals surface area (Å²) in [5.74, 6) is -0.420. The van der Waals surface area contributed by atoms with Crippen LogP contribution in [0.4, 0.5) is 0 Å². The third-order valence-corrected chi connectivity index (χ3v) is 7.01. The Kier molecular flexibility index (Phi) is 5.04. The van der Waals surface area contributed by atoms with Gasteiger partial charge in [0.1, 0.15) is 12.2 Å². The molecule has 2 aliphatic carbocycles. The third kappa shape index (κ3) is 3.11. The number of aliphatic hydroxyl groups excluding tert-OH is 1. The van der Waals surface area contributed by atoms with Crippen LogP contribution in [0.15, 0.2) is 22.8 Å². The van der Waals surface area contributed by atoms with Crippen molar-refractivity contribution >= 4 is 11.9 Å². The maximum absolute atomic E-state index is 12.2. The molecule has 1 heterocycles. The third-order valence-electron chi connectivity index (χ3n) is 7.01. The molecule has 0 aromatic heterocycles. The monoisotopic (exact) mass is 362 g/mol. The fourth-order valence-corrected chi connectivity index (χ4v) is 4.83. The first-order valence-electron chi connectivity index (χ1n) is 9.63. The van der Waals surface area contributed by atoms with E-state index < -0.39 is 12.2 Å². The van der Waals surface area contributed by atoms with E-state index in [1.165, 1.54) is 6.08 Å². The van der Waals surface area contributed by atoms with E-state index in [0.717, 1.165) is 29.6 Å². The van der Waals surface area contributed by atoms with Crippen molar-refractivity contribution in [1.82, 2.24) is 0 Å². The van der Waals surface area contributed by atoms with E-state index in [1.807, 2.05) is 20.8 Å². The number of carbonyl (C=O) groups is 2. The second-order valence-electron chi connectivity index (χ2n) is 8.52. The summed E-state index contributed by atoms with van der Waals surface area (Å²) in [6.07, 6.45) is 2.79. The van der Waals surface area contributed by atoms with Crippen LogP contribution in [0.25, 0.3) is 0 Å². The Hall–Kier alpha value is -1.62. The van der Waals surface area contributed by atoms with Crippen LogP contribution in [0.3, 0.4) is 0 Å². The first-order chi connectivity index (χ1) is 12.2. The molecule has 0 unspecified atom stereocenters. The molecular weight excluding hydrogens is 332 g/mol. The summed E-state index contributed by atoms with van der Waals surface area (Å²) in [5.41, 5.74) is 2.65. The van der Waals surface area contributed by atoms with E-state index >= 15 is 0 Å². The molecule has 2 saturated carbocycles. The van der Waals surface area contributed by atoms with Gasteiger partial charge < -0.3 is 14.6 Å². The Balaban J connectivity index is 1.80. The van der Waals surface area contributed by atoms with Crippen molar-refractivity contribution < 1.29 is 24.2 Å². The lowest BCUT2D eigenvalue weighted by molar-refractivity contribution is -0.178. The summed E-state index contributed by atoms with van der Waals surface area (Å²) in [7, 11) is 0. The minimum Gasteiger partial charge on any atom is -0.456 e. The van der Waals surface area contributed by atoms with Gasteiger partial charge in [0.25, 0.3) is 0 Å². The molecule has 0 aromatic carbocycles. The highest BCUT2D eigenvalue weighted by Gasteiger charge is 2.56. The van der Waals surface area contributed by atoms with Crippen molar-refractivity contribution in [3.8, 4) is 0 Å². The number of rotatable bonds is 3. The fourth-order valence-electron chi connectivity index (χ4n) is 4.83. The van der Waals surface area contributed by atoms with E-state index in [0.29, 0.717) is 12.8 Å². The molecule has 3 aliphatic rings. The number of hydrogen-bond donors (Lipinski definition) is 1. The molecule has 5 nitrogen and oxygen atoms in total. The lowest BCUT2D eigenvalue weighted by Crippen LogP contribution is -2.56. The van der Waals surface area contributed by atoms with Gasteiger partial charge in [0.05, 0.1) is 6.10 Å². The predicted molar refractivity (Wildman–Crippen MR) is 97.1 cm³/mol. The van der Waals surface area contributed by atoms with Gasteiger partial charge >= 0.3 is 11.9 Å². The SMILES string of the molecule is CC/C(C)=C/C(=O)O[C@H]1C[C@@H](C)[C@]2(C)CC3=C(C)C(=O)O[C@H]3C[C@@H]2[C@H]1O. The fraction of sp³-hybridized carbons (Fsp3) is 0.714. The average molecular weight is 362 g/mol. The molecule has 144 valence electrons. The second-order valence-corrected chi connectivity index (χ2v) is 8.52. The molecule has 0 spiro atoms. The Labute approximate surface area is 155 Å². The summed E-state index contributed by atoms with van der Waals surface area (Å²) in [6, 6.07) is 0. The lowest BCUT2D eigenvalue weighted by Gasteiger charge is -2.54. The van der Waals surface area contributed by atoms with Crippen LogP contribution in [0.1, 0.15) is 60.3 Å². The van der Waals surface area contributed by atoms with E-state index in [4.69, 9.17) is 9.47 Å². The Morgan fingerprint density at radius 3 is 2.77 bits per heavy atom. The van der Waals surface area contributed by atoms with Gasteiger partial charge in [-0.05, 0) is 62.4 Å². The Morgan fingerprint density at radius 1 is 1.42 bits per heavy atom. The summed E-state index contributed by atoms with van der Waals surface area (Å²) < 4.78 is 11.1. The Morgan fingerprint density at radius 2 is 2.12 bits per heavy atom. The lowest BCUT2D eigenvalue weighted by atomic mass is 9.53. The zero-order valence-corrected chi connectivity index (χ0v) is 16.4. The highest BCUT2D eigenvalue weighted by atomic mass is 16.6. The number of hydrogen-bond acceptors (Lipinski definition) is 5. The van der Waals surface area contributed by atoms with Crippen molar-refractivity contribution in [2.45, 2.75) is 78.6 Å². The van der Waals surface area contributed by atoms with Gasteiger partial charge in [-0.2, -0.15) is 0 Å². The maximum atomic E-state index is 12.2. The molecule has 0 saturated heterocycles. The maximum Gasteiger partial charge on any atom is 0.334 e. The number of ether oxygens (including phenoxy) is 2. The molecule has 6 atom stereocenters. The smallest absolute Gasteiger partial charge is 0.334 e. The van der Waals surface area contributed by atoms with Gasteiger partial charge in [-0.15, -0.1) is 0 Å². The number of esters is 2. The standard InChI is InChI=1S/C21H30O5/c1-6-11(2)7-18(22)25-17-8-12(3)21(5)10-14-13(4)20(24)26-16(14)9-15(21)19(17)23/h7,12,15-17,19,23H,6,8-10H2,1-5H3/b11-7+/t12-,15-,16+,17+,19-,21+/m1/s1. The van der Waals surface area contributed by atoms with E-state index in [2.05, 4.69) is 13.8 Å². The van der Waals surface area contributed by atoms with E-state index in [9.17, 15) is 14.7 Å². The molecule has 0 radical (unpaired) electrons. The van der Waals surface area contributed by atoms with Crippen LogP contribution in [0.2, 0.25) is 0 Å². The van der Waals surface area contributed by atoms with Crippen LogP contribution >= 0.6 is 0 Å². The van der Waals surface area contributed by atoms with E-state index in [1.54, 1.807) is 0 Å². The number of carbonyl (C=O) groups excluding carboxylic acids is 2. The molecular formula is C21H30O5. The zero-order chi connectivity index (χ0) is 19.2. The highest BCUT2D eigenvalue weighted by Crippen LogP contribution is 2.57. The molecule has 26 heavy (non-hydrogen) atoms. The Bertz CT molecular complexity index is 676. The molecule has 3 rings (SSSR count). The number of fused-ring (bicyclic) bond motifs is 2. The number of aliphatic hydroxyl groups is 1. The van der Waals surface area contributed by atoms with E-state index in [-0.39, 0.29) is 35.3 Å². The normalized spacial score (nSPS) is 40.0. The van der Waals surface area contributed by atoms with Crippen LogP contribution in [0, 0.1) is 17.3 Å². The largest absolute Gasteiger partial charge is 0.456 e. The van der Waals surface area contributed by atoms with Crippen molar-refractivity contribution in [3.05, 3.63) is 22.8 Å². The van der Waals surface area contributed by atoms with Crippen molar-refractivity contribution in [3.63, 3.8) is 0 Å². The summed E-state index contributed by atoms with van der Waals surface area (Å²) >= 11 is 0. The molecule has 5 heteroatoms. The quantitative estimate of drug-likeness (QED) is 0.616. The first kappa shape index (κ1) is 19.2. The molecule has 1 N–H and O–H groups in total. The summed E-state index contributed by atoms with van der Waals surface area (Å²) in [5, 5.41) is 11.0. The van der Waals surface area contributed by atoms with Gasteiger partial charge in [-0.1, -0.05) is 26.3 Å². The van der Waals surface area contributed by atoms with Crippen LogP contribution in [0.5, 0.6) is 0 Å². The van der Waals surface area contributed by atoms with Crippen LogP contribution < -0.4 is 0 Å². The van der Waals surface area contributed by atoms with Gasteiger partial charge in [-0.25, -0.2) is 9.59 Å². The molecule has 2 fully saturated rings. The second kappa shape index (κ2) is 6.84. The van der Waals surface area contributed by atoms with Gasteiger partial charge in [0, 0.05) is 11.6 Å². The molecule has 1 aliphatic heterocycles.